The molecule has 0 amide bonds. The van der Waals surface area contributed by atoms with E-state index in [1.54, 1.807) is 0 Å². The van der Waals surface area contributed by atoms with E-state index in [0.29, 0.717) is 18.7 Å². The van der Waals surface area contributed by atoms with Crippen molar-refractivity contribution in [3.05, 3.63) is 90.0 Å². The first-order valence-corrected chi connectivity index (χ1v) is 10.9. The number of carbonyl (C=O) groups is 1. The van der Waals surface area contributed by atoms with Crippen LogP contribution in [0.2, 0.25) is 0 Å². The Morgan fingerprint density at radius 2 is 1.58 bits per heavy atom. The molecule has 0 aromatic heterocycles. The second-order valence-electron chi connectivity index (χ2n) is 7.71. The maximum atomic E-state index is 11.1. The normalized spacial score (nSPS) is 12.3. The monoisotopic (exact) mass is 447 g/mol. The topological polar surface area (TPSA) is 88.4 Å². The smallest absolute Gasteiger partial charge is 0.333 e. The molecule has 0 radical (unpaired) electrons. The Morgan fingerprint density at radius 1 is 0.909 bits per heavy atom. The zero-order valence-corrected chi connectivity index (χ0v) is 18.7. The molecule has 0 saturated carbocycles. The molecule has 0 aliphatic carbocycles. The summed E-state index contributed by atoms with van der Waals surface area (Å²) in [6.07, 6.45) is 1.65. The van der Waals surface area contributed by atoms with Gasteiger partial charge in [0.15, 0.2) is 6.10 Å². The number of unbranched alkanes of at least 4 members (excludes halogenated alkanes) is 1. The molecule has 33 heavy (non-hydrogen) atoms. The largest absolute Gasteiger partial charge is 0.494 e. The number of carboxylic acid groups (broad SMARTS) is 1. The maximum absolute atomic E-state index is 11.1. The third-order valence-corrected chi connectivity index (χ3v) is 5.43. The second-order valence-corrected chi connectivity index (χ2v) is 7.71. The van der Waals surface area contributed by atoms with E-state index in [4.69, 9.17) is 14.6 Å². The van der Waals surface area contributed by atoms with Gasteiger partial charge in [-0.1, -0.05) is 71.9 Å². The molecule has 0 aliphatic rings. The highest BCUT2D eigenvalue weighted by Gasteiger charge is 2.17. The molecule has 6 heteroatoms. The van der Waals surface area contributed by atoms with E-state index in [1.807, 2.05) is 54.6 Å². The van der Waals surface area contributed by atoms with Crippen molar-refractivity contribution in [1.82, 2.24) is 0 Å². The lowest BCUT2D eigenvalue weighted by Gasteiger charge is -2.11. The van der Waals surface area contributed by atoms with Gasteiger partial charge in [-0.05, 0) is 53.6 Å². The average Bonchev–Trinajstić information content (AvgIpc) is 2.86. The average molecular weight is 448 g/mol. The van der Waals surface area contributed by atoms with Gasteiger partial charge in [0, 0.05) is 13.5 Å². The third kappa shape index (κ3) is 7.19. The number of aliphatic carboxylic acids is 1. The van der Waals surface area contributed by atoms with Gasteiger partial charge in [-0.15, -0.1) is 0 Å². The van der Waals surface area contributed by atoms with Crippen LogP contribution < -0.4 is 4.74 Å². The Labute approximate surface area is 194 Å². The Hall–Kier alpha value is -3.64. The Bertz CT molecular complexity index is 1030. The molecule has 2 N–H and O–H groups in total. The predicted molar refractivity (Wildman–Crippen MR) is 128 cm³/mol. The van der Waals surface area contributed by atoms with Gasteiger partial charge in [0.2, 0.25) is 0 Å². The minimum Gasteiger partial charge on any atom is -0.494 e. The van der Waals surface area contributed by atoms with Gasteiger partial charge in [-0.25, -0.2) is 4.79 Å². The quantitative estimate of drug-likeness (QED) is 0.167. The molecule has 3 aromatic rings. The summed E-state index contributed by atoms with van der Waals surface area (Å²) in [4.78, 5) is 11.1. The number of methoxy groups -OCH3 is 1. The predicted octanol–water partition coefficient (Wildman–Crippen LogP) is 5.42. The molecule has 3 aromatic carbocycles. The van der Waals surface area contributed by atoms with Crippen molar-refractivity contribution in [3.8, 4) is 16.9 Å². The van der Waals surface area contributed by atoms with Crippen LogP contribution >= 0.6 is 0 Å². The van der Waals surface area contributed by atoms with E-state index in [-0.39, 0.29) is 6.42 Å². The Morgan fingerprint density at radius 3 is 2.18 bits per heavy atom. The van der Waals surface area contributed by atoms with E-state index >= 15 is 0 Å². The van der Waals surface area contributed by atoms with Crippen molar-refractivity contribution < 1.29 is 24.6 Å². The van der Waals surface area contributed by atoms with Crippen LogP contribution in [0.1, 0.15) is 30.4 Å². The number of carboxylic acids is 1. The van der Waals surface area contributed by atoms with Crippen molar-refractivity contribution in [3.63, 3.8) is 0 Å². The highest BCUT2D eigenvalue weighted by atomic mass is 16.5. The Balaban J connectivity index is 1.42. The number of hydrogen-bond donors (Lipinski definition) is 2. The number of hydrogen-bond acceptors (Lipinski definition) is 5. The van der Waals surface area contributed by atoms with E-state index in [1.165, 1.54) is 12.7 Å². The van der Waals surface area contributed by atoms with Crippen molar-refractivity contribution in [2.45, 2.75) is 31.8 Å². The third-order valence-electron chi connectivity index (χ3n) is 5.43. The molecule has 0 bridgehead atoms. The maximum Gasteiger partial charge on any atom is 0.333 e. The minimum atomic E-state index is -0.992. The molecule has 0 aliphatic heterocycles. The molecule has 172 valence electrons. The van der Waals surface area contributed by atoms with Crippen LogP contribution in [-0.4, -0.2) is 41.8 Å². The highest BCUT2D eigenvalue weighted by molar-refractivity contribution is 6.00. The first-order chi connectivity index (χ1) is 16.1. The lowest BCUT2D eigenvalue weighted by molar-refractivity contribution is -0.148. The van der Waals surface area contributed by atoms with Gasteiger partial charge in [0.1, 0.15) is 5.75 Å². The van der Waals surface area contributed by atoms with E-state index < -0.39 is 12.1 Å². The fourth-order valence-electron chi connectivity index (χ4n) is 3.53. The SMILES string of the molecule is CO[C@@H](Cc1ccc(/C(CCCCOc2ccc(-c3ccccc3)cc2)=N\O)cc1)C(=O)O. The lowest BCUT2D eigenvalue weighted by atomic mass is 10.0. The highest BCUT2D eigenvalue weighted by Crippen LogP contribution is 2.22. The fraction of sp³-hybridized carbons (Fsp3) is 0.259. The molecular formula is C27H29NO5. The summed E-state index contributed by atoms with van der Waals surface area (Å²) in [6, 6.07) is 25.6. The molecule has 0 heterocycles. The molecule has 0 fully saturated rings. The van der Waals surface area contributed by atoms with Crippen molar-refractivity contribution in [2.75, 3.05) is 13.7 Å². The van der Waals surface area contributed by atoms with Crippen LogP contribution in [0.25, 0.3) is 11.1 Å². The number of oxime groups is 1. The molecule has 1 atom stereocenters. The summed E-state index contributed by atoms with van der Waals surface area (Å²) < 4.78 is 10.8. The molecule has 3 rings (SSSR count). The molecule has 0 unspecified atom stereocenters. The van der Waals surface area contributed by atoms with Crippen molar-refractivity contribution >= 4 is 11.7 Å². The standard InChI is InChI=1S/C27H29NO5/c1-32-26(27(29)30)19-20-10-12-23(13-11-20)25(28-31)9-5-6-18-33-24-16-14-22(15-17-24)21-7-3-2-4-8-21/h2-4,7-8,10-17,26,31H,5-6,9,18-19H2,1H3,(H,29,30)/b28-25-/t26-/m0/s1. The van der Waals surface area contributed by atoms with E-state index in [0.717, 1.165) is 35.3 Å². The van der Waals surface area contributed by atoms with Gasteiger partial charge < -0.3 is 19.8 Å². The van der Waals surface area contributed by atoms with Crippen LogP contribution in [-0.2, 0) is 16.0 Å². The Kier molecular flexibility index (Phi) is 9.03. The molecule has 6 nitrogen and oxygen atoms in total. The zero-order valence-electron chi connectivity index (χ0n) is 18.7. The lowest BCUT2D eigenvalue weighted by Crippen LogP contribution is -2.24. The summed E-state index contributed by atoms with van der Waals surface area (Å²) in [5, 5.41) is 22.0. The number of rotatable bonds is 12. The number of nitrogens with zero attached hydrogens (tertiary/aromatic N) is 1. The zero-order chi connectivity index (χ0) is 23.5. The van der Waals surface area contributed by atoms with Gasteiger partial charge in [0.05, 0.1) is 12.3 Å². The van der Waals surface area contributed by atoms with Crippen molar-refractivity contribution in [1.29, 1.82) is 0 Å². The second kappa shape index (κ2) is 12.4. The first kappa shape index (κ1) is 24.0. The first-order valence-electron chi connectivity index (χ1n) is 10.9. The van der Waals surface area contributed by atoms with Crippen LogP contribution in [0.5, 0.6) is 5.75 Å². The van der Waals surface area contributed by atoms with Gasteiger partial charge in [-0.3, -0.25) is 0 Å². The van der Waals surface area contributed by atoms with Crippen LogP contribution in [0.15, 0.2) is 84.0 Å². The number of benzene rings is 3. The van der Waals surface area contributed by atoms with Gasteiger partial charge in [0.25, 0.3) is 0 Å². The van der Waals surface area contributed by atoms with Gasteiger partial charge >= 0.3 is 5.97 Å². The summed E-state index contributed by atoms with van der Waals surface area (Å²) >= 11 is 0. The summed E-state index contributed by atoms with van der Waals surface area (Å²) in [6.45, 7) is 0.579. The van der Waals surface area contributed by atoms with E-state index in [9.17, 15) is 10.0 Å². The fourth-order valence-corrected chi connectivity index (χ4v) is 3.53. The summed E-state index contributed by atoms with van der Waals surface area (Å²) in [7, 11) is 1.38. The van der Waals surface area contributed by atoms with Crippen LogP contribution in [0, 0.1) is 0 Å². The summed E-state index contributed by atoms with van der Waals surface area (Å²) in [5.41, 5.74) is 4.57. The van der Waals surface area contributed by atoms with Gasteiger partial charge in [-0.2, -0.15) is 0 Å². The van der Waals surface area contributed by atoms with E-state index in [2.05, 4.69) is 29.4 Å². The number of ether oxygens (including phenoxy) is 2. The summed E-state index contributed by atoms with van der Waals surface area (Å²) in [5.74, 6) is -0.161. The molecule has 0 saturated heterocycles. The van der Waals surface area contributed by atoms with Crippen LogP contribution in [0.3, 0.4) is 0 Å². The minimum absolute atomic E-state index is 0.279. The molecule has 0 spiro atoms. The molecular weight excluding hydrogens is 418 g/mol. The van der Waals surface area contributed by atoms with Crippen LogP contribution in [0.4, 0.5) is 0 Å². The van der Waals surface area contributed by atoms with Crippen molar-refractivity contribution in [2.24, 2.45) is 5.16 Å².